The highest BCUT2D eigenvalue weighted by molar-refractivity contribution is 5.76. The summed E-state index contributed by atoms with van der Waals surface area (Å²) in [6.07, 6.45) is 0.759. The van der Waals surface area contributed by atoms with Gasteiger partial charge in [-0.25, -0.2) is 5.48 Å². The number of hydrogen-bond acceptors (Lipinski definition) is 4. The standard InChI is InChI=1S/C20H25NO4/c1-12(2)17-9-15(5-6-19(17)22)10-18-13(3)7-16(8-14(18)4)25-11-20(23)21-24/h5-9,12,22,24H,10-11H2,1-4H3,(H,21,23). The molecule has 0 aliphatic carbocycles. The molecule has 0 fully saturated rings. The SMILES string of the molecule is Cc1cc(OCC(=O)NO)cc(C)c1Cc1ccc(O)c(C(C)C)c1. The van der Waals surface area contributed by atoms with Crippen LogP contribution in [0.15, 0.2) is 30.3 Å². The normalized spacial score (nSPS) is 10.8. The van der Waals surface area contributed by atoms with Crippen LogP contribution in [-0.2, 0) is 11.2 Å². The summed E-state index contributed by atoms with van der Waals surface area (Å²) in [4.78, 5) is 11.1. The molecule has 0 saturated carbocycles. The summed E-state index contributed by atoms with van der Waals surface area (Å²) in [6.45, 7) is 7.90. The summed E-state index contributed by atoms with van der Waals surface area (Å²) in [5.74, 6) is 0.592. The van der Waals surface area contributed by atoms with Crippen LogP contribution < -0.4 is 10.2 Å². The molecule has 2 aromatic rings. The van der Waals surface area contributed by atoms with Crippen molar-refractivity contribution in [2.45, 2.75) is 40.0 Å². The fraction of sp³-hybridized carbons (Fsp3) is 0.350. The highest BCUT2D eigenvalue weighted by atomic mass is 16.5. The largest absolute Gasteiger partial charge is 0.508 e. The van der Waals surface area contributed by atoms with Gasteiger partial charge in [-0.2, -0.15) is 0 Å². The highest BCUT2D eigenvalue weighted by Crippen LogP contribution is 2.29. The third-order valence-corrected chi connectivity index (χ3v) is 4.26. The number of phenolic OH excluding ortho intramolecular Hbond substituents is 1. The first-order valence-corrected chi connectivity index (χ1v) is 8.29. The molecule has 0 unspecified atom stereocenters. The van der Waals surface area contributed by atoms with Crippen LogP contribution in [0.1, 0.15) is 47.6 Å². The van der Waals surface area contributed by atoms with Gasteiger partial charge in [0.05, 0.1) is 0 Å². The molecule has 0 aromatic heterocycles. The van der Waals surface area contributed by atoms with Crippen molar-refractivity contribution in [2.24, 2.45) is 0 Å². The second kappa shape index (κ2) is 8.03. The summed E-state index contributed by atoms with van der Waals surface area (Å²) in [5.41, 5.74) is 6.96. The van der Waals surface area contributed by atoms with Gasteiger partial charge in [-0.15, -0.1) is 0 Å². The first-order chi connectivity index (χ1) is 11.8. The number of amides is 1. The Morgan fingerprint density at radius 2 is 1.80 bits per heavy atom. The number of phenols is 1. The van der Waals surface area contributed by atoms with Gasteiger partial charge in [0.25, 0.3) is 5.91 Å². The maximum atomic E-state index is 11.1. The molecule has 0 aliphatic rings. The molecule has 0 heterocycles. The molecule has 5 nitrogen and oxygen atoms in total. The van der Waals surface area contributed by atoms with Crippen LogP contribution in [-0.4, -0.2) is 22.8 Å². The zero-order valence-corrected chi connectivity index (χ0v) is 15.1. The summed E-state index contributed by atoms with van der Waals surface area (Å²) in [7, 11) is 0. The molecule has 5 heteroatoms. The van der Waals surface area contributed by atoms with Crippen LogP contribution in [0.2, 0.25) is 0 Å². The molecule has 0 aliphatic heterocycles. The van der Waals surface area contributed by atoms with Crippen molar-refractivity contribution in [1.82, 2.24) is 5.48 Å². The minimum absolute atomic E-state index is 0.232. The molecule has 2 rings (SSSR count). The van der Waals surface area contributed by atoms with Crippen molar-refractivity contribution >= 4 is 5.91 Å². The quantitative estimate of drug-likeness (QED) is 0.553. The lowest BCUT2D eigenvalue weighted by atomic mass is 9.93. The third-order valence-electron chi connectivity index (χ3n) is 4.26. The van der Waals surface area contributed by atoms with E-state index in [-0.39, 0.29) is 12.5 Å². The van der Waals surface area contributed by atoms with Crippen molar-refractivity contribution in [1.29, 1.82) is 0 Å². The number of carbonyl (C=O) groups excluding carboxylic acids is 1. The minimum Gasteiger partial charge on any atom is -0.508 e. The van der Waals surface area contributed by atoms with E-state index in [1.807, 2.05) is 32.0 Å². The Morgan fingerprint density at radius 3 is 2.36 bits per heavy atom. The van der Waals surface area contributed by atoms with E-state index in [1.54, 1.807) is 11.5 Å². The Morgan fingerprint density at radius 1 is 1.16 bits per heavy atom. The molecule has 134 valence electrons. The molecule has 0 radical (unpaired) electrons. The molecule has 3 N–H and O–H groups in total. The Hall–Kier alpha value is -2.53. The van der Waals surface area contributed by atoms with E-state index < -0.39 is 5.91 Å². The number of rotatable bonds is 6. The van der Waals surface area contributed by atoms with E-state index in [2.05, 4.69) is 19.9 Å². The summed E-state index contributed by atoms with van der Waals surface area (Å²) in [5, 5.41) is 18.5. The van der Waals surface area contributed by atoms with Crippen molar-refractivity contribution in [3.63, 3.8) is 0 Å². The lowest BCUT2D eigenvalue weighted by molar-refractivity contribution is -0.131. The zero-order chi connectivity index (χ0) is 18.6. The molecular weight excluding hydrogens is 318 g/mol. The smallest absolute Gasteiger partial charge is 0.281 e. The van der Waals surface area contributed by atoms with E-state index in [1.165, 1.54) is 5.56 Å². The molecule has 25 heavy (non-hydrogen) atoms. The van der Waals surface area contributed by atoms with Gasteiger partial charge in [-0.3, -0.25) is 10.0 Å². The van der Waals surface area contributed by atoms with Crippen molar-refractivity contribution in [3.05, 3.63) is 58.1 Å². The number of carbonyl (C=O) groups is 1. The van der Waals surface area contributed by atoms with Crippen molar-refractivity contribution in [2.75, 3.05) is 6.61 Å². The minimum atomic E-state index is -0.593. The number of nitrogens with one attached hydrogen (secondary N) is 1. The number of benzene rings is 2. The molecule has 0 bridgehead atoms. The van der Waals surface area contributed by atoms with Crippen LogP contribution in [0, 0.1) is 13.8 Å². The predicted octanol–water partition coefficient (Wildman–Crippen LogP) is 3.61. The van der Waals surface area contributed by atoms with Gasteiger partial charge in [0.1, 0.15) is 11.5 Å². The fourth-order valence-electron chi connectivity index (χ4n) is 2.88. The highest BCUT2D eigenvalue weighted by Gasteiger charge is 2.11. The van der Waals surface area contributed by atoms with Crippen LogP contribution in [0.5, 0.6) is 11.5 Å². The monoisotopic (exact) mass is 343 g/mol. The molecular formula is C20H25NO4. The molecule has 1 amide bonds. The second-order valence-corrected chi connectivity index (χ2v) is 6.58. The van der Waals surface area contributed by atoms with E-state index in [4.69, 9.17) is 9.94 Å². The Bertz CT molecular complexity index is 745. The first kappa shape index (κ1) is 18.8. The number of aromatic hydroxyl groups is 1. The number of ether oxygens (including phenoxy) is 1. The third kappa shape index (κ3) is 4.73. The topological polar surface area (TPSA) is 78.8 Å². The molecule has 0 atom stereocenters. The number of hydroxylamine groups is 1. The van der Waals surface area contributed by atoms with Crippen LogP contribution >= 0.6 is 0 Å². The van der Waals surface area contributed by atoms with Crippen LogP contribution in [0.4, 0.5) is 0 Å². The van der Waals surface area contributed by atoms with E-state index in [0.29, 0.717) is 11.5 Å². The predicted molar refractivity (Wildman–Crippen MR) is 96.3 cm³/mol. The van der Waals surface area contributed by atoms with Crippen molar-refractivity contribution in [3.8, 4) is 11.5 Å². The van der Waals surface area contributed by atoms with Gasteiger partial charge in [-0.05, 0) is 72.2 Å². The Balaban J connectivity index is 2.23. The molecule has 0 saturated heterocycles. The van der Waals surface area contributed by atoms with Gasteiger partial charge in [0.15, 0.2) is 6.61 Å². The Labute approximate surface area is 148 Å². The lowest BCUT2D eigenvalue weighted by Crippen LogP contribution is -2.25. The van der Waals surface area contributed by atoms with Crippen molar-refractivity contribution < 1.29 is 19.8 Å². The molecule has 2 aromatic carbocycles. The van der Waals surface area contributed by atoms with Crippen LogP contribution in [0.25, 0.3) is 0 Å². The average Bonchev–Trinajstić information content (AvgIpc) is 2.57. The van der Waals surface area contributed by atoms with E-state index in [0.717, 1.165) is 28.7 Å². The van der Waals surface area contributed by atoms with Gasteiger partial charge in [-0.1, -0.05) is 26.0 Å². The van der Waals surface area contributed by atoms with Crippen LogP contribution in [0.3, 0.4) is 0 Å². The summed E-state index contributed by atoms with van der Waals surface area (Å²) in [6, 6.07) is 9.51. The second-order valence-electron chi connectivity index (χ2n) is 6.58. The summed E-state index contributed by atoms with van der Waals surface area (Å²) >= 11 is 0. The van der Waals surface area contributed by atoms with Gasteiger partial charge < -0.3 is 9.84 Å². The van der Waals surface area contributed by atoms with Gasteiger partial charge >= 0.3 is 0 Å². The Kier molecular flexibility index (Phi) is 6.04. The van der Waals surface area contributed by atoms with E-state index >= 15 is 0 Å². The maximum absolute atomic E-state index is 11.1. The maximum Gasteiger partial charge on any atom is 0.281 e. The number of aryl methyl sites for hydroxylation is 2. The van der Waals surface area contributed by atoms with Gasteiger partial charge in [0.2, 0.25) is 0 Å². The van der Waals surface area contributed by atoms with E-state index in [9.17, 15) is 9.90 Å². The average molecular weight is 343 g/mol. The zero-order valence-electron chi connectivity index (χ0n) is 15.1. The molecule has 0 spiro atoms. The fourth-order valence-corrected chi connectivity index (χ4v) is 2.88. The van der Waals surface area contributed by atoms with Gasteiger partial charge in [0, 0.05) is 0 Å². The lowest BCUT2D eigenvalue weighted by Gasteiger charge is -2.15. The first-order valence-electron chi connectivity index (χ1n) is 8.29. The number of hydrogen-bond donors (Lipinski definition) is 3. The summed E-state index contributed by atoms with van der Waals surface area (Å²) < 4.78 is 5.39.